The van der Waals surface area contributed by atoms with Gasteiger partial charge in [0.2, 0.25) is 0 Å². The molecular formula is C13H17BrN2O2. The fourth-order valence-corrected chi connectivity index (χ4v) is 2.84. The largest absolute Gasteiger partial charge is 0.302 e. The Balaban J connectivity index is 2.03. The molecule has 0 amide bonds. The van der Waals surface area contributed by atoms with Gasteiger partial charge in [-0.15, -0.1) is 0 Å². The van der Waals surface area contributed by atoms with Gasteiger partial charge in [0.15, 0.2) is 0 Å². The van der Waals surface area contributed by atoms with Crippen molar-refractivity contribution in [3.8, 4) is 0 Å². The highest BCUT2D eigenvalue weighted by atomic mass is 79.9. The molecule has 4 nitrogen and oxygen atoms in total. The minimum absolute atomic E-state index is 0.143. The fourth-order valence-electron chi connectivity index (χ4n) is 2.30. The third-order valence-corrected chi connectivity index (χ3v) is 4.41. The van der Waals surface area contributed by atoms with E-state index in [0.29, 0.717) is 4.47 Å². The first-order chi connectivity index (χ1) is 8.58. The Morgan fingerprint density at radius 1 is 1.50 bits per heavy atom. The smallest absolute Gasteiger partial charge is 0.283 e. The number of hydrogen-bond donors (Lipinski definition) is 0. The Morgan fingerprint density at radius 3 is 2.78 bits per heavy atom. The molecule has 0 spiro atoms. The lowest BCUT2D eigenvalue weighted by molar-refractivity contribution is -0.385. The molecule has 0 N–H and O–H groups in total. The molecule has 1 saturated carbocycles. The van der Waals surface area contributed by atoms with Gasteiger partial charge in [-0.2, -0.15) is 0 Å². The van der Waals surface area contributed by atoms with Crippen molar-refractivity contribution in [2.24, 2.45) is 5.92 Å². The molecule has 0 unspecified atom stereocenters. The van der Waals surface area contributed by atoms with Crippen LogP contribution in [0.5, 0.6) is 0 Å². The number of nitrogens with zero attached hydrogens (tertiary/aromatic N) is 2. The number of benzene rings is 1. The van der Waals surface area contributed by atoms with Crippen LogP contribution in [0, 0.1) is 16.0 Å². The average molecular weight is 313 g/mol. The standard InChI is InChI=1S/C13H17BrN2O2/c1-15(8-10-4-2-5-10)9-11-6-3-7-12(13(11)14)16(17)18/h3,6-7,10H,2,4-5,8-9H2,1H3. The van der Waals surface area contributed by atoms with Gasteiger partial charge in [-0.3, -0.25) is 10.1 Å². The molecule has 2 rings (SSSR count). The maximum atomic E-state index is 10.9. The predicted molar refractivity (Wildman–Crippen MR) is 74.5 cm³/mol. The van der Waals surface area contributed by atoms with Crippen LogP contribution < -0.4 is 0 Å². The van der Waals surface area contributed by atoms with Crippen molar-refractivity contribution < 1.29 is 4.92 Å². The van der Waals surface area contributed by atoms with Crippen LogP contribution in [0.1, 0.15) is 24.8 Å². The van der Waals surface area contributed by atoms with E-state index in [1.54, 1.807) is 6.07 Å². The molecule has 1 aromatic carbocycles. The predicted octanol–water partition coefficient (Wildman–Crippen LogP) is 3.59. The topological polar surface area (TPSA) is 46.4 Å². The van der Waals surface area contributed by atoms with Crippen LogP contribution in [0.2, 0.25) is 0 Å². The zero-order valence-corrected chi connectivity index (χ0v) is 12.0. The SMILES string of the molecule is CN(Cc1cccc([N+](=O)[O-])c1Br)CC1CCC1. The molecule has 5 heteroatoms. The van der Waals surface area contributed by atoms with E-state index in [-0.39, 0.29) is 10.6 Å². The van der Waals surface area contributed by atoms with E-state index in [1.807, 2.05) is 6.07 Å². The zero-order valence-electron chi connectivity index (χ0n) is 10.4. The van der Waals surface area contributed by atoms with Crippen molar-refractivity contribution in [2.75, 3.05) is 13.6 Å². The van der Waals surface area contributed by atoms with Crippen LogP contribution in [-0.2, 0) is 6.54 Å². The van der Waals surface area contributed by atoms with E-state index in [1.165, 1.54) is 25.3 Å². The lowest BCUT2D eigenvalue weighted by atomic mass is 9.85. The minimum atomic E-state index is -0.348. The van der Waals surface area contributed by atoms with Crippen molar-refractivity contribution in [1.82, 2.24) is 4.90 Å². The fraction of sp³-hybridized carbons (Fsp3) is 0.538. The molecule has 0 aromatic heterocycles. The molecule has 1 aromatic rings. The molecule has 1 aliphatic carbocycles. The summed E-state index contributed by atoms with van der Waals surface area (Å²) in [5, 5.41) is 10.9. The second-order valence-corrected chi connectivity index (χ2v) is 5.79. The first kappa shape index (κ1) is 13.5. The van der Waals surface area contributed by atoms with E-state index in [2.05, 4.69) is 27.9 Å². The molecule has 0 bridgehead atoms. The summed E-state index contributed by atoms with van der Waals surface area (Å²) in [5.41, 5.74) is 1.12. The maximum absolute atomic E-state index is 10.9. The highest BCUT2D eigenvalue weighted by Gasteiger charge is 2.20. The highest BCUT2D eigenvalue weighted by Crippen LogP contribution is 2.30. The van der Waals surface area contributed by atoms with E-state index in [0.717, 1.165) is 24.6 Å². The van der Waals surface area contributed by atoms with Crippen molar-refractivity contribution in [2.45, 2.75) is 25.8 Å². The van der Waals surface area contributed by atoms with Crippen LogP contribution in [0.4, 0.5) is 5.69 Å². The lowest BCUT2D eigenvalue weighted by Crippen LogP contribution is -2.29. The van der Waals surface area contributed by atoms with Gasteiger partial charge in [-0.1, -0.05) is 18.6 Å². The summed E-state index contributed by atoms with van der Waals surface area (Å²) in [6.45, 7) is 1.83. The molecule has 0 radical (unpaired) electrons. The lowest BCUT2D eigenvalue weighted by Gasteiger charge is -2.30. The second kappa shape index (κ2) is 5.80. The summed E-state index contributed by atoms with van der Waals surface area (Å²) in [6, 6.07) is 5.21. The minimum Gasteiger partial charge on any atom is -0.302 e. The van der Waals surface area contributed by atoms with Gasteiger partial charge in [0.1, 0.15) is 0 Å². The summed E-state index contributed by atoms with van der Waals surface area (Å²) in [6.07, 6.45) is 3.99. The number of halogens is 1. The second-order valence-electron chi connectivity index (χ2n) is 5.00. The number of nitro benzene ring substituents is 1. The molecule has 98 valence electrons. The van der Waals surface area contributed by atoms with Crippen molar-refractivity contribution in [3.05, 3.63) is 38.3 Å². The highest BCUT2D eigenvalue weighted by molar-refractivity contribution is 9.10. The average Bonchev–Trinajstić information content (AvgIpc) is 2.26. The van der Waals surface area contributed by atoms with Crippen LogP contribution in [0.15, 0.2) is 22.7 Å². The van der Waals surface area contributed by atoms with Gasteiger partial charge in [-0.25, -0.2) is 0 Å². The molecule has 0 heterocycles. The Hall–Kier alpha value is -0.940. The Bertz CT molecular complexity index is 447. The van der Waals surface area contributed by atoms with Crippen LogP contribution >= 0.6 is 15.9 Å². The summed E-state index contributed by atoms with van der Waals surface area (Å²) < 4.78 is 0.607. The van der Waals surface area contributed by atoms with Crippen molar-refractivity contribution >= 4 is 21.6 Å². The molecule has 0 atom stereocenters. The van der Waals surface area contributed by atoms with Gasteiger partial charge in [-0.05, 0) is 47.3 Å². The quantitative estimate of drug-likeness (QED) is 0.616. The molecule has 18 heavy (non-hydrogen) atoms. The summed E-state index contributed by atoms with van der Waals surface area (Å²) in [7, 11) is 2.07. The normalized spacial score (nSPS) is 15.7. The maximum Gasteiger partial charge on any atom is 0.283 e. The molecular weight excluding hydrogens is 296 g/mol. The van der Waals surface area contributed by atoms with Gasteiger partial charge < -0.3 is 4.90 Å². The Morgan fingerprint density at radius 2 is 2.22 bits per heavy atom. The van der Waals surface area contributed by atoms with Gasteiger partial charge >= 0.3 is 0 Å². The summed E-state index contributed by atoms with van der Waals surface area (Å²) >= 11 is 3.34. The molecule has 0 saturated heterocycles. The third kappa shape index (κ3) is 3.09. The van der Waals surface area contributed by atoms with Crippen LogP contribution in [0.25, 0.3) is 0 Å². The first-order valence-electron chi connectivity index (χ1n) is 6.18. The van der Waals surface area contributed by atoms with Gasteiger partial charge in [0, 0.05) is 19.2 Å². The Labute approximate surface area is 115 Å². The van der Waals surface area contributed by atoms with Crippen molar-refractivity contribution in [1.29, 1.82) is 0 Å². The van der Waals surface area contributed by atoms with Crippen LogP contribution in [-0.4, -0.2) is 23.4 Å². The summed E-state index contributed by atoms with van der Waals surface area (Å²) in [5.74, 6) is 0.812. The summed E-state index contributed by atoms with van der Waals surface area (Å²) in [4.78, 5) is 12.8. The molecule has 1 fully saturated rings. The molecule has 1 aliphatic rings. The third-order valence-electron chi connectivity index (χ3n) is 3.49. The van der Waals surface area contributed by atoms with Crippen LogP contribution in [0.3, 0.4) is 0 Å². The number of hydrogen-bond acceptors (Lipinski definition) is 3. The molecule has 0 aliphatic heterocycles. The van der Waals surface area contributed by atoms with Gasteiger partial charge in [0.25, 0.3) is 5.69 Å². The van der Waals surface area contributed by atoms with Crippen molar-refractivity contribution in [3.63, 3.8) is 0 Å². The van der Waals surface area contributed by atoms with E-state index in [4.69, 9.17) is 0 Å². The number of rotatable bonds is 5. The van der Waals surface area contributed by atoms with E-state index < -0.39 is 0 Å². The monoisotopic (exact) mass is 312 g/mol. The van der Waals surface area contributed by atoms with E-state index in [9.17, 15) is 10.1 Å². The Kier molecular flexibility index (Phi) is 4.35. The zero-order chi connectivity index (χ0) is 13.1. The van der Waals surface area contributed by atoms with Gasteiger partial charge in [0.05, 0.1) is 9.40 Å². The first-order valence-corrected chi connectivity index (χ1v) is 6.97. The van der Waals surface area contributed by atoms with E-state index >= 15 is 0 Å². The number of nitro groups is 1.